The Bertz CT molecular complexity index is 1010. The van der Waals surface area contributed by atoms with E-state index >= 15 is 0 Å². The fourth-order valence-corrected chi connectivity index (χ4v) is 3.58. The van der Waals surface area contributed by atoms with Gasteiger partial charge in [-0.1, -0.05) is 0 Å². The van der Waals surface area contributed by atoms with E-state index in [1.807, 2.05) is 4.90 Å². The first kappa shape index (κ1) is 29.4. The van der Waals surface area contributed by atoms with Crippen molar-refractivity contribution < 1.29 is 27.1 Å². The second-order valence-corrected chi connectivity index (χ2v) is 9.11. The average molecular weight is 535 g/mol. The molecule has 4 heterocycles. The predicted octanol–water partition coefficient (Wildman–Crippen LogP) is 3.61. The number of anilines is 2. The van der Waals surface area contributed by atoms with Crippen LogP contribution in [0, 0.1) is 23.3 Å². The Morgan fingerprint density at radius 3 is 1.69 bits per heavy atom. The van der Waals surface area contributed by atoms with Crippen molar-refractivity contribution in [2.75, 3.05) is 62.2 Å². The van der Waals surface area contributed by atoms with Gasteiger partial charge < -0.3 is 24.8 Å². The second kappa shape index (κ2) is 12.9. The molecular weight excluding hydrogens is 504 g/mol. The Balaban J connectivity index is 0.000000265. The Morgan fingerprint density at radius 1 is 0.833 bits per heavy atom. The molecule has 0 aromatic carbocycles. The number of carbonyl (C=O) groups is 1. The summed E-state index contributed by atoms with van der Waals surface area (Å²) >= 11 is 0. The number of halogens is 5. The quantitative estimate of drug-likeness (QED) is 0.590. The molecule has 0 aliphatic carbocycles. The van der Waals surface area contributed by atoms with Crippen LogP contribution in [0.5, 0.6) is 0 Å². The predicted molar refractivity (Wildman–Crippen MR) is 131 cm³/mol. The Morgan fingerprint density at radius 2 is 1.28 bits per heavy atom. The molecule has 2 fully saturated rings. The molecule has 0 spiro atoms. The number of pyridine rings is 2. The van der Waals surface area contributed by atoms with Gasteiger partial charge in [0.2, 0.25) is 0 Å². The summed E-state index contributed by atoms with van der Waals surface area (Å²) in [6.07, 6.45) is 1.65. The van der Waals surface area contributed by atoms with Crippen molar-refractivity contribution >= 4 is 30.1 Å². The molecule has 2 saturated heterocycles. The van der Waals surface area contributed by atoms with Gasteiger partial charge in [-0.25, -0.2) is 32.3 Å². The minimum absolute atomic E-state index is 0. The average Bonchev–Trinajstić information content (AvgIpc) is 2.79. The van der Waals surface area contributed by atoms with Crippen molar-refractivity contribution in [1.82, 2.24) is 20.2 Å². The lowest BCUT2D eigenvalue weighted by atomic mass is 10.2. The third-order valence-electron chi connectivity index (χ3n) is 5.22. The van der Waals surface area contributed by atoms with Crippen LogP contribution >= 0.6 is 12.4 Å². The third-order valence-corrected chi connectivity index (χ3v) is 5.22. The van der Waals surface area contributed by atoms with E-state index in [1.54, 1.807) is 30.6 Å². The zero-order chi connectivity index (χ0) is 25.6. The van der Waals surface area contributed by atoms with Gasteiger partial charge in [-0.05, 0) is 20.8 Å². The van der Waals surface area contributed by atoms with Gasteiger partial charge in [-0.3, -0.25) is 0 Å². The van der Waals surface area contributed by atoms with E-state index in [4.69, 9.17) is 4.74 Å². The van der Waals surface area contributed by atoms with Gasteiger partial charge in [0.15, 0.2) is 23.3 Å². The lowest BCUT2D eigenvalue weighted by molar-refractivity contribution is 0.0240. The minimum Gasteiger partial charge on any atom is -0.444 e. The zero-order valence-corrected chi connectivity index (χ0v) is 21.3. The fourth-order valence-electron chi connectivity index (χ4n) is 3.58. The van der Waals surface area contributed by atoms with Crippen LogP contribution in [0.25, 0.3) is 0 Å². The SMILES string of the molecule is CC(C)(C)OC(=O)N1CCN(c2ncc(F)cc2F)CC1.Cl.Fc1cnc(N2CCNCC2)c(F)c1. The lowest BCUT2D eigenvalue weighted by Gasteiger charge is -2.36. The molecule has 2 aliphatic rings. The van der Waals surface area contributed by atoms with Gasteiger partial charge in [0.05, 0.1) is 12.4 Å². The van der Waals surface area contributed by atoms with E-state index in [1.165, 1.54) is 0 Å². The maximum atomic E-state index is 13.7. The summed E-state index contributed by atoms with van der Waals surface area (Å²) in [7, 11) is 0. The molecule has 13 heteroatoms. The van der Waals surface area contributed by atoms with Crippen LogP contribution in [0.4, 0.5) is 34.0 Å². The maximum absolute atomic E-state index is 13.7. The van der Waals surface area contributed by atoms with Crippen LogP contribution in [0.3, 0.4) is 0 Å². The number of aromatic nitrogens is 2. The molecule has 8 nitrogen and oxygen atoms in total. The standard InChI is InChI=1S/C14H19F2N3O2.C9H11F2N3.ClH/c1-14(2,3)21-13(20)19-6-4-18(5-7-19)12-11(16)8-10(15)9-17-12;10-7-5-8(11)9(13-6-7)14-3-1-12-2-4-14;/h8-9H,4-7H2,1-3H3;5-6,12H,1-4H2;1H. The smallest absolute Gasteiger partial charge is 0.410 e. The first-order valence-corrected chi connectivity index (χ1v) is 11.3. The van der Waals surface area contributed by atoms with E-state index in [0.717, 1.165) is 37.6 Å². The Hall–Kier alpha value is -2.86. The number of nitrogens with zero attached hydrogens (tertiary/aromatic N) is 5. The number of nitrogens with one attached hydrogen (secondary N) is 1. The highest BCUT2D eigenvalue weighted by Gasteiger charge is 2.27. The van der Waals surface area contributed by atoms with Crippen molar-refractivity contribution in [1.29, 1.82) is 0 Å². The number of hydrogen-bond acceptors (Lipinski definition) is 7. The molecule has 1 N–H and O–H groups in total. The molecular formula is C23H31ClF4N6O2. The number of amides is 1. The second-order valence-electron chi connectivity index (χ2n) is 9.11. The van der Waals surface area contributed by atoms with Gasteiger partial charge in [0.1, 0.15) is 17.2 Å². The van der Waals surface area contributed by atoms with Crippen LogP contribution in [-0.2, 0) is 4.74 Å². The van der Waals surface area contributed by atoms with Crippen molar-refractivity contribution in [3.05, 3.63) is 47.8 Å². The van der Waals surface area contributed by atoms with Crippen LogP contribution in [0.2, 0.25) is 0 Å². The zero-order valence-electron chi connectivity index (χ0n) is 20.4. The van der Waals surface area contributed by atoms with Crippen LogP contribution in [0.1, 0.15) is 20.8 Å². The molecule has 36 heavy (non-hydrogen) atoms. The van der Waals surface area contributed by atoms with Gasteiger partial charge in [0.25, 0.3) is 0 Å². The van der Waals surface area contributed by atoms with Gasteiger partial charge in [0, 0.05) is 64.5 Å². The molecule has 0 bridgehead atoms. The van der Waals surface area contributed by atoms with Gasteiger partial charge >= 0.3 is 6.09 Å². The van der Waals surface area contributed by atoms with Crippen molar-refractivity contribution in [3.8, 4) is 0 Å². The molecule has 0 radical (unpaired) electrons. The van der Waals surface area contributed by atoms with Crippen molar-refractivity contribution in [2.45, 2.75) is 26.4 Å². The van der Waals surface area contributed by atoms with E-state index in [0.29, 0.717) is 39.3 Å². The van der Waals surface area contributed by atoms with Crippen molar-refractivity contribution in [3.63, 3.8) is 0 Å². The highest BCUT2D eigenvalue weighted by molar-refractivity contribution is 5.85. The minimum atomic E-state index is -0.705. The highest BCUT2D eigenvalue weighted by Crippen LogP contribution is 2.20. The monoisotopic (exact) mass is 534 g/mol. The first-order valence-electron chi connectivity index (χ1n) is 11.3. The summed E-state index contributed by atoms with van der Waals surface area (Å²) in [4.78, 5) is 24.5. The van der Waals surface area contributed by atoms with Crippen molar-refractivity contribution in [2.24, 2.45) is 0 Å². The molecule has 1 amide bonds. The molecule has 0 unspecified atom stereocenters. The number of rotatable bonds is 2. The lowest BCUT2D eigenvalue weighted by Crippen LogP contribution is -2.50. The van der Waals surface area contributed by atoms with E-state index in [9.17, 15) is 22.4 Å². The molecule has 200 valence electrons. The number of carbonyl (C=O) groups excluding carboxylic acids is 1. The van der Waals surface area contributed by atoms with E-state index in [2.05, 4.69) is 15.3 Å². The summed E-state index contributed by atoms with van der Waals surface area (Å²) in [6.45, 7) is 10.1. The maximum Gasteiger partial charge on any atom is 0.410 e. The summed E-state index contributed by atoms with van der Waals surface area (Å²) < 4.78 is 57.7. The Kier molecular flexibility index (Phi) is 10.5. The van der Waals surface area contributed by atoms with Crippen LogP contribution < -0.4 is 15.1 Å². The van der Waals surface area contributed by atoms with Gasteiger partial charge in [-0.15, -0.1) is 12.4 Å². The summed E-state index contributed by atoms with van der Waals surface area (Å²) in [6, 6.07) is 1.67. The molecule has 4 rings (SSSR count). The number of hydrogen-bond donors (Lipinski definition) is 1. The van der Waals surface area contributed by atoms with E-state index < -0.39 is 28.9 Å². The highest BCUT2D eigenvalue weighted by atomic mass is 35.5. The topological polar surface area (TPSA) is 73.8 Å². The van der Waals surface area contributed by atoms with Crippen LogP contribution in [0.15, 0.2) is 24.5 Å². The first-order chi connectivity index (χ1) is 16.5. The summed E-state index contributed by atoms with van der Waals surface area (Å²) in [5.41, 5.74) is -0.543. The molecule has 0 atom stereocenters. The number of piperazine rings is 2. The van der Waals surface area contributed by atoms with Crippen LogP contribution in [-0.4, -0.2) is 78.9 Å². The largest absolute Gasteiger partial charge is 0.444 e. The fraction of sp³-hybridized carbons (Fsp3) is 0.522. The van der Waals surface area contributed by atoms with Gasteiger partial charge in [-0.2, -0.15) is 0 Å². The molecule has 2 aromatic heterocycles. The summed E-state index contributed by atoms with van der Waals surface area (Å²) in [5, 5.41) is 3.15. The number of ether oxygens (including phenoxy) is 1. The normalized spacial score (nSPS) is 16.0. The third kappa shape index (κ3) is 8.37. The summed E-state index contributed by atoms with van der Waals surface area (Å²) in [5.74, 6) is -2.27. The van der Waals surface area contributed by atoms with E-state index in [-0.39, 0.29) is 30.1 Å². The Labute approximate surface area is 214 Å². The molecule has 0 saturated carbocycles. The molecule has 2 aromatic rings. The molecule has 2 aliphatic heterocycles.